The fourth-order valence-electron chi connectivity index (χ4n) is 2.62. The van der Waals surface area contributed by atoms with Crippen molar-refractivity contribution in [3.05, 3.63) is 38.7 Å². The maximum absolute atomic E-state index is 12.1. The summed E-state index contributed by atoms with van der Waals surface area (Å²) in [6.45, 7) is 1.36. The third-order valence-electron chi connectivity index (χ3n) is 3.76. The van der Waals surface area contributed by atoms with Gasteiger partial charge in [-0.1, -0.05) is 6.42 Å². The highest BCUT2D eigenvalue weighted by Gasteiger charge is 2.15. The summed E-state index contributed by atoms with van der Waals surface area (Å²) >= 11 is 3.41. The summed E-state index contributed by atoms with van der Waals surface area (Å²) in [6, 6.07) is 1.48. The molecule has 3 heterocycles. The van der Waals surface area contributed by atoms with Crippen molar-refractivity contribution >= 4 is 15.9 Å². The Morgan fingerprint density at radius 1 is 1.33 bits per heavy atom. The second-order valence-corrected chi connectivity index (χ2v) is 6.00. The Kier molecular flexibility index (Phi) is 4.10. The van der Waals surface area contributed by atoms with Gasteiger partial charge in [0.1, 0.15) is 11.6 Å². The Hall–Kier alpha value is -1.63. The van der Waals surface area contributed by atoms with E-state index in [2.05, 4.69) is 30.7 Å². The summed E-state index contributed by atoms with van der Waals surface area (Å²) in [5.41, 5.74) is -0.110. The molecule has 0 aliphatic carbocycles. The Morgan fingerprint density at radius 2 is 2.19 bits per heavy atom. The average molecular weight is 353 g/mol. The molecule has 6 nitrogen and oxygen atoms in total. The smallest absolute Gasteiger partial charge is 0.254 e. The predicted octanol–water partition coefficient (Wildman–Crippen LogP) is 1.99. The molecule has 2 aromatic rings. The average Bonchev–Trinajstić information content (AvgIpc) is 2.71. The number of methoxy groups -OCH3 is 1. The number of hydrogen-bond acceptors (Lipinski definition) is 4. The highest BCUT2D eigenvalue weighted by Crippen LogP contribution is 2.22. The first-order valence-corrected chi connectivity index (χ1v) is 7.83. The molecule has 3 rings (SSSR count). The molecule has 0 amide bonds. The zero-order valence-corrected chi connectivity index (χ0v) is 13.5. The van der Waals surface area contributed by atoms with Crippen LogP contribution in [0.25, 0.3) is 0 Å². The SMILES string of the molecule is COc1cc(=O)n(Cc2nnc3n2CCCCC3)cc1Br. The summed E-state index contributed by atoms with van der Waals surface area (Å²) in [4.78, 5) is 12.1. The van der Waals surface area contributed by atoms with Crippen molar-refractivity contribution in [2.24, 2.45) is 0 Å². The van der Waals surface area contributed by atoms with Gasteiger partial charge in [-0.2, -0.15) is 0 Å². The van der Waals surface area contributed by atoms with Gasteiger partial charge in [-0.3, -0.25) is 4.79 Å². The van der Waals surface area contributed by atoms with Crippen LogP contribution in [0.5, 0.6) is 5.75 Å². The maximum atomic E-state index is 12.1. The van der Waals surface area contributed by atoms with Gasteiger partial charge in [0.15, 0.2) is 5.82 Å². The highest BCUT2D eigenvalue weighted by molar-refractivity contribution is 9.10. The van der Waals surface area contributed by atoms with E-state index in [4.69, 9.17) is 4.74 Å². The van der Waals surface area contributed by atoms with Crippen molar-refractivity contribution < 1.29 is 4.74 Å². The van der Waals surface area contributed by atoms with E-state index < -0.39 is 0 Å². The third kappa shape index (κ3) is 2.88. The van der Waals surface area contributed by atoms with Gasteiger partial charge in [0.05, 0.1) is 18.1 Å². The second kappa shape index (κ2) is 6.01. The van der Waals surface area contributed by atoms with Gasteiger partial charge >= 0.3 is 0 Å². The quantitative estimate of drug-likeness (QED) is 0.847. The van der Waals surface area contributed by atoms with E-state index in [1.54, 1.807) is 17.9 Å². The topological polar surface area (TPSA) is 61.9 Å². The zero-order chi connectivity index (χ0) is 14.8. The molecule has 0 aromatic carbocycles. The molecule has 1 aliphatic rings. The van der Waals surface area contributed by atoms with Crippen molar-refractivity contribution in [2.45, 2.75) is 38.8 Å². The molecule has 0 N–H and O–H groups in total. The molecular weight excluding hydrogens is 336 g/mol. The van der Waals surface area contributed by atoms with E-state index in [1.807, 2.05) is 0 Å². The van der Waals surface area contributed by atoms with Crippen LogP contribution in [0, 0.1) is 0 Å². The highest BCUT2D eigenvalue weighted by atomic mass is 79.9. The Morgan fingerprint density at radius 3 is 3.00 bits per heavy atom. The van der Waals surface area contributed by atoms with Crippen molar-refractivity contribution in [3.8, 4) is 5.75 Å². The minimum Gasteiger partial charge on any atom is -0.495 e. The molecule has 0 fully saturated rings. The van der Waals surface area contributed by atoms with E-state index >= 15 is 0 Å². The number of nitrogens with zero attached hydrogens (tertiary/aromatic N) is 4. The number of aromatic nitrogens is 4. The molecule has 0 saturated carbocycles. The molecule has 2 aromatic heterocycles. The molecule has 7 heteroatoms. The normalized spacial score (nSPS) is 14.6. The minimum absolute atomic E-state index is 0.110. The Bertz CT molecular complexity index is 707. The third-order valence-corrected chi connectivity index (χ3v) is 4.36. The monoisotopic (exact) mass is 352 g/mol. The fraction of sp³-hybridized carbons (Fsp3) is 0.500. The number of halogens is 1. The molecule has 0 bridgehead atoms. The van der Waals surface area contributed by atoms with Crippen LogP contribution in [0.4, 0.5) is 0 Å². The lowest BCUT2D eigenvalue weighted by molar-refractivity contribution is 0.409. The van der Waals surface area contributed by atoms with Crippen molar-refractivity contribution in [2.75, 3.05) is 7.11 Å². The number of fused-ring (bicyclic) bond motifs is 1. The number of rotatable bonds is 3. The summed E-state index contributed by atoms with van der Waals surface area (Å²) in [5, 5.41) is 8.51. The van der Waals surface area contributed by atoms with E-state index in [0.717, 1.165) is 41.9 Å². The number of pyridine rings is 1. The fourth-order valence-corrected chi connectivity index (χ4v) is 3.15. The van der Waals surface area contributed by atoms with Crippen molar-refractivity contribution in [1.82, 2.24) is 19.3 Å². The van der Waals surface area contributed by atoms with Crippen LogP contribution in [-0.4, -0.2) is 26.4 Å². The van der Waals surface area contributed by atoms with Gasteiger partial charge in [0.25, 0.3) is 5.56 Å². The lowest BCUT2D eigenvalue weighted by Crippen LogP contribution is -2.22. The van der Waals surface area contributed by atoms with Crippen LogP contribution in [0.15, 0.2) is 21.5 Å². The maximum Gasteiger partial charge on any atom is 0.254 e. The van der Waals surface area contributed by atoms with Gasteiger partial charge in [-0.05, 0) is 28.8 Å². The molecule has 1 aliphatic heterocycles. The standard InChI is InChI=1S/C14H17BrN4O2/c1-21-11-7-14(20)18(8-10(11)15)9-13-17-16-12-5-3-2-4-6-19(12)13/h7-8H,2-6,9H2,1H3. The van der Waals surface area contributed by atoms with Crippen molar-refractivity contribution in [1.29, 1.82) is 0 Å². The molecule has 112 valence electrons. The summed E-state index contributed by atoms with van der Waals surface area (Å²) in [5.74, 6) is 2.41. The van der Waals surface area contributed by atoms with Gasteiger partial charge < -0.3 is 13.9 Å². The predicted molar refractivity (Wildman–Crippen MR) is 81.6 cm³/mol. The Balaban J connectivity index is 1.92. The van der Waals surface area contributed by atoms with E-state index in [0.29, 0.717) is 12.3 Å². The first-order chi connectivity index (χ1) is 10.2. The van der Waals surface area contributed by atoms with Crippen LogP contribution in [0.3, 0.4) is 0 Å². The molecule has 0 spiro atoms. The molecule has 21 heavy (non-hydrogen) atoms. The number of hydrogen-bond donors (Lipinski definition) is 0. The molecule has 0 unspecified atom stereocenters. The van der Waals surface area contributed by atoms with Gasteiger partial charge in [0.2, 0.25) is 0 Å². The molecule has 0 radical (unpaired) electrons. The largest absolute Gasteiger partial charge is 0.495 e. The van der Waals surface area contributed by atoms with Crippen LogP contribution >= 0.6 is 15.9 Å². The van der Waals surface area contributed by atoms with Crippen LogP contribution in [0.1, 0.15) is 30.9 Å². The zero-order valence-electron chi connectivity index (χ0n) is 11.9. The summed E-state index contributed by atoms with van der Waals surface area (Å²) in [7, 11) is 1.54. The lowest BCUT2D eigenvalue weighted by atomic mass is 10.2. The van der Waals surface area contributed by atoms with Crippen molar-refractivity contribution in [3.63, 3.8) is 0 Å². The summed E-state index contributed by atoms with van der Waals surface area (Å²) in [6.07, 6.45) is 6.22. The van der Waals surface area contributed by atoms with Gasteiger partial charge in [0, 0.05) is 25.2 Å². The molecule has 0 atom stereocenters. The van der Waals surface area contributed by atoms with Gasteiger partial charge in [-0.25, -0.2) is 0 Å². The van der Waals surface area contributed by atoms with Gasteiger partial charge in [-0.15, -0.1) is 10.2 Å². The second-order valence-electron chi connectivity index (χ2n) is 5.15. The number of aryl methyl sites for hydroxylation is 1. The molecule has 0 saturated heterocycles. The minimum atomic E-state index is -0.110. The van der Waals surface area contributed by atoms with Crippen LogP contribution in [0.2, 0.25) is 0 Å². The molecular formula is C14H17BrN4O2. The van der Waals surface area contributed by atoms with E-state index in [9.17, 15) is 4.79 Å². The van der Waals surface area contributed by atoms with E-state index in [-0.39, 0.29) is 5.56 Å². The Labute approximate surface area is 130 Å². The van der Waals surface area contributed by atoms with E-state index in [1.165, 1.54) is 12.5 Å². The van der Waals surface area contributed by atoms with Crippen LogP contribution < -0.4 is 10.3 Å². The first kappa shape index (κ1) is 14.3. The lowest BCUT2D eigenvalue weighted by Gasteiger charge is -2.10. The number of ether oxygens (including phenoxy) is 1. The van der Waals surface area contributed by atoms with Crippen LogP contribution in [-0.2, 0) is 19.5 Å². The summed E-state index contributed by atoms with van der Waals surface area (Å²) < 4.78 is 9.65. The first-order valence-electron chi connectivity index (χ1n) is 7.04.